The van der Waals surface area contributed by atoms with E-state index in [1.807, 2.05) is 38.1 Å². The second-order valence-electron chi connectivity index (χ2n) is 8.53. The third-order valence-electron chi connectivity index (χ3n) is 6.01. The third kappa shape index (κ3) is 4.47. The number of benzene rings is 1. The molecule has 4 aromatic rings. The van der Waals surface area contributed by atoms with Crippen LogP contribution < -0.4 is 11.4 Å². The molecule has 0 saturated heterocycles. The summed E-state index contributed by atoms with van der Waals surface area (Å²) in [5, 5.41) is 4.46. The Labute approximate surface area is 208 Å². The second-order valence-corrected chi connectivity index (χ2v) is 11.7. The molecule has 2 N–H and O–H groups in total. The molecule has 184 valence electrons. The Balaban J connectivity index is 1.53. The Kier molecular flexibility index (Phi) is 6.41. The van der Waals surface area contributed by atoms with E-state index < -0.39 is 9.83 Å². The van der Waals surface area contributed by atoms with E-state index in [4.69, 9.17) is 10.5 Å². The Morgan fingerprint density at radius 2 is 1.97 bits per heavy atom. The lowest BCUT2D eigenvalue weighted by Crippen LogP contribution is -2.26. The van der Waals surface area contributed by atoms with Crippen molar-refractivity contribution < 1.29 is 8.95 Å². The Hall–Kier alpha value is -3.12. The van der Waals surface area contributed by atoms with Crippen molar-refractivity contribution in [2.45, 2.75) is 44.7 Å². The molecule has 0 bridgehead atoms. The molecular weight excluding hydrogens is 486 g/mol. The number of imidazole rings is 1. The van der Waals surface area contributed by atoms with Gasteiger partial charge in [0.2, 0.25) is 11.8 Å². The van der Waals surface area contributed by atoms with E-state index in [1.54, 1.807) is 22.3 Å². The van der Waals surface area contributed by atoms with Gasteiger partial charge in [-0.15, -0.1) is 5.10 Å². The van der Waals surface area contributed by atoms with Gasteiger partial charge in [-0.25, -0.2) is 14.0 Å². The molecule has 1 unspecified atom stereocenters. The van der Waals surface area contributed by atoms with Crippen LogP contribution in [-0.2, 0) is 27.7 Å². The van der Waals surface area contributed by atoms with E-state index in [9.17, 15) is 9.00 Å². The summed E-state index contributed by atoms with van der Waals surface area (Å²) in [6.07, 6.45) is 3.95. The first-order valence-electron chi connectivity index (χ1n) is 11.4. The van der Waals surface area contributed by atoms with E-state index in [-0.39, 0.29) is 11.6 Å². The fourth-order valence-corrected chi connectivity index (χ4v) is 6.31. The fourth-order valence-electron chi connectivity index (χ4n) is 3.99. The monoisotopic (exact) mass is 513 g/mol. The van der Waals surface area contributed by atoms with E-state index in [0.717, 1.165) is 23.3 Å². The predicted molar refractivity (Wildman–Crippen MR) is 138 cm³/mol. The van der Waals surface area contributed by atoms with Crippen LogP contribution in [0.1, 0.15) is 31.2 Å². The molecule has 0 aliphatic heterocycles. The Morgan fingerprint density at radius 1 is 1.23 bits per heavy atom. The molecule has 1 aromatic carbocycles. The smallest absolute Gasteiger partial charge is 0.330 e. The van der Waals surface area contributed by atoms with Gasteiger partial charge in [0.15, 0.2) is 17.1 Å². The van der Waals surface area contributed by atoms with Crippen molar-refractivity contribution >= 4 is 49.1 Å². The van der Waals surface area contributed by atoms with Crippen LogP contribution in [0.15, 0.2) is 40.0 Å². The largest absolute Gasteiger partial charge is 0.493 e. The summed E-state index contributed by atoms with van der Waals surface area (Å²) in [5.41, 5.74) is 8.71. The number of hydrogen-bond donors (Lipinski definition) is 1. The predicted octanol–water partition coefficient (Wildman–Crippen LogP) is 3.00. The topological polar surface area (TPSA) is 122 Å². The number of hydrogen-bond acceptors (Lipinski definition) is 8. The van der Waals surface area contributed by atoms with Crippen molar-refractivity contribution in [3.63, 3.8) is 0 Å². The highest BCUT2D eigenvalue weighted by Gasteiger charge is 2.28. The van der Waals surface area contributed by atoms with Gasteiger partial charge in [0.05, 0.1) is 7.11 Å². The van der Waals surface area contributed by atoms with Gasteiger partial charge in [-0.3, -0.25) is 9.13 Å². The van der Waals surface area contributed by atoms with Crippen LogP contribution in [0.5, 0.6) is 0 Å². The molecule has 1 saturated carbocycles. The van der Waals surface area contributed by atoms with Crippen LogP contribution in [0.2, 0.25) is 0 Å². The van der Waals surface area contributed by atoms with Crippen molar-refractivity contribution in [1.82, 2.24) is 28.7 Å². The minimum Gasteiger partial charge on any atom is -0.493 e. The number of nitrogen functional groups attached to an aromatic ring is 1. The van der Waals surface area contributed by atoms with E-state index in [0.29, 0.717) is 53.2 Å². The van der Waals surface area contributed by atoms with Gasteiger partial charge in [0.25, 0.3) is 0 Å². The Bertz CT molecular complexity index is 1510. The summed E-state index contributed by atoms with van der Waals surface area (Å²) in [6, 6.07) is 7.62. The molecule has 0 radical (unpaired) electrons. The first-order valence-corrected chi connectivity index (χ1v) is 14.0. The van der Waals surface area contributed by atoms with Crippen LogP contribution >= 0.6 is 10.8 Å². The van der Waals surface area contributed by atoms with E-state index in [2.05, 4.69) is 15.1 Å². The third-order valence-corrected chi connectivity index (χ3v) is 8.95. The van der Waals surface area contributed by atoms with Gasteiger partial charge in [0, 0.05) is 23.7 Å². The maximum absolute atomic E-state index is 13.5. The number of fused-ring (bicyclic) bond motifs is 3. The molecule has 5 rings (SSSR count). The number of methoxy groups -OCH3 is 1. The zero-order chi connectivity index (χ0) is 24.7. The lowest BCUT2D eigenvalue weighted by Gasteiger charge is -2.05. The molecule has 1 atom stereocenters. The van der Waals surface area contributed by atoms with Crippen molar-refractivity contribution in [3.8, 4) is 0 Å². The molecule has 0 amide bonds. The average molecular weight is 514 g/mol. The van der Waals surface area contributed by atoms with Crippen LogP contribution in [0.25, 0.3) is 22.6 Å². The maximum atomic E-state index is 13.5. The van der Waals surface area contributed by atoms with Crippen molar-refractivity contribution in [1.29, 1.82) is 0 Å². The van der Waals surface area contributed by atoms with Gasteiger partial charge in [-0.05, 0) is 50.8 Å². The fraction of sp³-hybridized carbons (Fsp3) is 0.391. The second kappa shape index (κ2) is 9.50. The first-order chi connectivity index (χ1) is 16.9. The van der Waals surface area contributed by atoms with Crippen molar-refractivity contribution in [2.24, 2.45) is 5.92 Å². The average Bonchev–Trinajstić information content (AvgIpc) is 3.50. The normalized spacial score (nSPS) is 15.2. The molecule has 1 aliphatic carbocycles. The number of nitrogens with two attached hydrogens (primary N) is 1. The molecule has 12 heteroatoms. The van der Waals surface area contributed by atoms with Crippen LogP contribution in [-0.4, -0.2) is 45.8 Å². The van der Waals surface area contributed by atoms with Crippen molar-refractivity contribution in [2.75, 3.05) is 18.6 Å². The van der Waals surface area contributed by atoms with Gasteiger partial charge in [0.1, 0.15) is 15.3 Å². The van der Waals surface area contributed by atoms with Crippen LogP contribution in [0.4, 0.5) is 5.95 Å². The maximum Gasteiger partial charge on any atom is 0.330 e. The molecular formula is C23H27N7O3S2. The first kappa shape index (κ1) is 23.6. The van der Waals surface area contributed by atoms with Crippen LogP contribution in [0, 0.1) is 12.8 Å². The number of allylic oxidation sites excluding steroid dienone is 1. The molecule has 10 nitrogen and oxygen atoms in total. The number of rotatable bonds is 9. The highest BCUT2D eigenvalue weighted by molar-refractivity contribution is 8.69. The van der Waals surface area contributed by atoms with Gasteiger partial charge in [-0.1, -0.05) is 28.5 Å². The minimum absolute atomic E-state index is 0.131. The van der Waals surface area contributed by atoms with Gasteiger partial charge >= 0.3 is 5.69 Å². The summed E-state index contributed by atoms with van der Waals surface area (Å²) in [7, 11) is 1.62. The zero-order valence-electron chi connectivity index (χ0n) is 19.8. The number of nitrogens with zero attached hydrogens (tertiary/aromatic N) is 6. The molecule has 1 fully saturated rings. The zero-order valence-corrected chi connectivity index (χ0v) is 21.4. The number of ether oxygens (including phenoxy) is 1. The quantitative estimate of drug-likeness (QED) is 0.268. The summed E-state index contributed by atoms with van der Waals surface area (Å²) in [4.78, 5) is 23.5. The lowest BCUT2D eigenvalue weighted by molar-refractivity contribution is 0.365. The number of aromatic nitrogens is 6. The van der Waals surface area contributed by atoms with E-state index >= 15 is 0 Å². The Morgan fingerprint density at radius 3 is 2.63 bits per heavy atom. The molecule has 0 spiro atoms. The summed E-state index contributed by atoms with van der Waals surface area (Å²) in [6.45, 7) is 4.76. The summed E-state index contributed by atoms with van der Waals surface area (Å²) >= 11 is 0. The van der Waals surface area contributed by atoms with Crippen molar-refractivity contribution in [3.05, 3.63) is 52.2 Å². The molecule has 3 aromatic heterocycles. The van der Waals surface area contributed by atoms with Gasteiger partial charge in [-0.2, -0.15) is 9.50 Å². The molecule has 3 heterocycles. The number of aryl methyl sites for hydroxylation is 2. The summed E-state index contributed by atoms with van der Waals surface area (Å²) in [5.74, 6) is 1.94. The van der Waals surface area contributed by atoms with Crippen LogP contribution in [0.3, 0.4) is 0 Å². The van der Waals surface area contributed by atoms with Gasteiger partial charge < -0.3 is 10.5 Å². The number of anilines is 1. The molecule has 35 heavy (non-hydrogen) atoms. The minimum atomic E-state index is -1.23. The molecule has 1 aliphatic rings. The standard InChI is InChI=1S/C23H27N7O3S2/c1-4-17(33-3)19-25-21-18-20(26-22(24)30(21)27-19)28(23(31)29(18)13-15-7-8-15)11-12-34-35(32)16-9-5-14(2)6-10-16/h4-6,9-10,15H,7-8,11-13H2,1-3H3,(H2,24,26)/b17-4-. The summed E-state index contributed by atoms with van der Waals surface area (Å²) < 4.78 is 22.9. The lowest BCUT2D eigenvalue weighted by atomic mass is 10.2. The highest BCUT2D eigenvalue weighted by Crippen LogP contribution is 2.32. The SMILES string of the molecule is C/C=C(\OC)c1nc2c3c(nc(N)n2n1)n(CCSS(=O)c1ccc(C)cc1)c(=O)n3CC1CC1. The van der Waals surface area contributed by atoms with E-state index in [1.165, 1.54) is 15.3 Å². The highest BCUT2D eigenvalue weighted by atomic mass is 33.1.